The van der Waals surface area contributed by atoms with Crippen LogP contribution in [0.5, 0.6) is 5.75 Å². The van der Waals surface area contributed by atoms with E-state index in [0.29, 0.717) is 0 Å². The summed E-state index contributed by atoms with van der Waals surface area (Å²) < 4.78 is 5.48. The number of hydrogen-bond donors (Lipinski definition) is 0. The molecule has 0 atom stereocenters. The van der Waals surface area contributed by atoms with Gasteiger partial charge in [-0.15, -0.1) is 0 Å². The van der Waals surface area contributed by atoms with Gasteiger partial charge in [-0.05, 0) is 50.2 Å². The summed E-state index contributed by atoms with van der Waals surface area (Å²) in [6, 6.07) is 14.7. The molecule has 106 valence electrons. The smallest absolute Gasteiger partial charge is 0.126 e. The molecule has 2 aromatic carbocycles. The van der Waals surface area contributed by atoms with Gasteiger partial charge in [0.25, 0.3) is 0 Å². The van der Waals surface area contributed by atoms with E-state index in [4.69, 9.17) is 4.74 Å². The first-order chi connectivity index (χ1) is 9.63. The van der Waals surface area contributed by atoms with E-state index in [9.17, 15) is 0 Å². The fourth-order valence-electron chi connectivity index (χ4n) is 2.46. The molecular formula is C18H23NO. The normalized spacial score (nSPS) is 10.8. The number of rotatable bonds is 5. The highest BCUT2D eigenvalue weighted by atomic mass is 16.5. The fraction of sp³-hybridized carbons (Fsp3) is 0.333. The first-order valence-electron chi connectivity index (χ1n) is 7.00. The summed E-state index contributed by atoms with van der Waals surface area (Å²) in [5.74, 6) is 0.931. The Balaban J connectivity index is 2.40. The van der Waals surface area contributed by atoms with E-state index in [1.807, 2.05) is 12.1 Å². The summed E-state index contributed by atoms with van der Waals surface area (Å²) >= 11 is 0. The van der Waals surface area contributed by atoms with Gasteiger partial charge in [-0.1, -0.05) is 36.4 Å². The Morgan fingerprint density at radius 2 is 1.65 bits per heavy atom. The summed E-state index contributed by atoms with van der Waals surface area (Å²) in [6.07, 6.45) is 1.07. The maximum atomic E-state index is 5.48. The van der Waals surface area contributed by atoms with Crippen LogP contribution in [0.15, 0.2) is 42.5 Å². The van der Waals surface area contributed by atoms with Crippen molar-refractivity contribution in [3.8, 4) is 16.9 Å². The Bertz CT molecular complexity index is 575. The van der Waals surface area contributed by atoms with Gasteiger partial charge in [0.1, 0.15) is 5.75 Å². The van der Waals surface area contributed by atoms with Crippen molar-refractivity contribution in [2.75, 3.05) is 27.7 Å². The number of ether oxygens (including phenoxy) is 1. The number of nitrogens with zero attached hydrogens (tertiary/aromatic N) is 1. The molecule has 20 heavy (non-hydrogen) atoms. The summed E-state index contributed by atoms with van der Waals surface area (Å²) in [4.78, 5) is 2.22. The van der Waals surface area contributed by atoms with E-state index < -0.39 is 0 Å². The molecule has 0 radical (unpaired) electrons. The summed E-state index contributed by atoms with van der Waals surface area (Å²) in [6.45, 7) is 3.27. The maximum absolute atomic E-state index is 5.48. The van der Waals surface area contributed by atoms with Crippen LogP contribution in [0.4, 0.5) is 0 Å². The standard InChI is InChI=1S/C18H23NO/c1-14-15(12-13-19(2)3)8-7-10-16(14)17-9-5-6-11-18(17)20-4/h5-11H,12-13H2,1-4H3. The molecular weight excluding hydrogens is 246 g/mol. The molecule has 0 heterocycles. The van der Waals surface area contributed by atoms with E-state index in [0.717, 1.165) is 18.7 Å². The van der Waals surface area contributed by atoms with Crippen molar-refractivity contribution < 1.29 is 4.74 Å². The molecule has 2 heteroatoms. The number of benzene rings is 2. The molecule has 0 bridgehead atoms. The lowest BCUT2D eigenvalue weighted by Gasteiger charge is -2.15. The molecule has 0 fully saturated rings. The van der Waals surface area contributed by atoms with Crippen LogP contribution in [-0.2, 0) is 6.42 Å². The van der Waals surface area contributed by atoms with Crippen LogP contribution in [-0.4, -0.2) is 32.6 Å². The molecule has 0 spiro atoms. The summed E-state index contributed by atoms with van der Waals surface area (Å²) in [5.41, 5.74) is 5.18. The average Bonchev–Trinajstić information content (AvgIpc) is 2.46. The van der Waals surface area contributed by atoms with Crippen molar-refractivity contribution >= 4 is 0 Å². The van der Waals surface area contributed by atoms with Gasteiger partial charge < -0.3 is 9.64 Å². The van der Waals surface area contributed by atoms with Crippen LogP contribution in [0, 0.1) is 6.92 Å². The zero-order valence-corrected chi connectivity index (χ0v) is 12.8. The minimum atomic E-state index is 0.931. The molecule has 0 amide bonds. The molecule has 2 aromatic rings. The third-order valence-corrected chi connectivity index (χ3v) is 3.67. The second-order valence-corrected chi connectivity index (χ2v) is 5.34. The highest BCUT2D eigenvalue weighted by molar-refractivity contribution is 5.74. The molecule has 0 aliphatic rings. The van der Waals surface area contributed by atoms with Crippen LogP contribution in [0.2, 0.25) is 0 Å². The Labute approximate surface area is 122 Å². The van der Waals surface area contributed by atoms with E-state index in [1.165, 1.54) is 22.3 Å². The molecule has 2 rings (SSSR count). The Kier molecular flexibility index (Phi) is 4.80. The lowest BCUT2D eigenvalue weighted by molar-refractivity contribution is 0.413. The van der Waals surface area contributed by atoms with E-state index in [1.54, 1.807) is 7.11 Å². The van der Waals surface area contributed by atoms with Crippen LogP contribution in [0.25, 0.3) is 11.1 Å². The molecule has 2 nitrogen and oxygen atoms in total. The molecule has 0 unspecified atom stereocenters. The molecule has 0 aliphatic heterocycles. The first kappa shape index (κ1) is 14.6. The van der Waals surface area contributed by atoms with Crippen LogP contribution in [0.3, 0.4) is 0 Å². The number of methoxy groups -OCH3 is 1. The van der Waals surface area contributed by atoms with Gasteiger partial charge in [0.05, 0.1) is 7.11 Å². The topological polar surface area (TPSA) is 12.5 Å². The second-order valence-electron chi connectivity index (χ2n) is 5.34. The lowest BCUT2D eigenvalue weighted by atomic mass is 9.94. The van der Waals surface area contributed by atoms with Crippen molar-refractivity contribution in [2.45, 2.75) is 13.3 Å². The van der Waals surface area contributed by atoms with Crippen molar-refractivity contribution in [3.05, 3.63) is 53.6 Å². The van der Waals surface area contributed by atoms with Crippen LogP contribution < -0.4 is 4.74 Å². The van der Waals surface area contributed by atoms with Crippen molar-refractivity contribution in [1.29, 1.82) is 0 Å². The van der Waals surface area contributed by atoms with Crippen LogP contribution in [0.1, 0.15) is 11.1 Å². The molecule has 0 saturated heterocycles. The van der Waals surface area contributed by atoms with E-state index in [2.05, 4.69) is 56.3 Å². The highest BCUT2D eigenvalue weighted by Gasteiger charge is 2.10. The van der Waals surface area contributed by atoms with Crippen molar-refractivity contribution in [2.24, 2.45) is 0 Å². The third-order valence-electron chi connectivity index (χ3n) is 3.67. The quantitative estimate of drug-likeness (QED) is 0.819. The van der Waals surface area contributed by atoms with Gasteiger partial charge in [-0.25, -0.2) is 0 Å². The van der Waals surface area contributed by atoms with Gasteiger partial charge in [-0.3, -0.25) is 0 Å². The first-order valence-corrected chi connectivity index (χ1v) is 7.00. The Morgan fingerprint density at radius 1 is 0.950 bits per heavy atom. The average molecular weight is 269 g/mol. The molecule has 0 aromatic heterocycles. The highest BCUT2D eigenvalue weighted by Crippen LogP contribution is 2.33. The largest absolute Gasteiger partial charge is 0.496 e. The molecule has 0 saturated carbocycles. The van der Waals surface area contributed by atoms with Gasteiger partial charge >= 0.3 is 0 Å². The number of hydrogen-bond acceptors (Lipinski definition) is 2. The zero-order valence-electron chi connectivity index (χ0n) is 12.8. The zero-order chi connectivity index (χ0) is 14.5. The summed E-state index contributed by atoms with van der Waals surface area (Å²) in [7, 11) is 5.95. The lowest BCUT2D eigenvalue weighted by Crippen LogP contribution is -2.15. The van der Waals surface area contributed by atoms with Gasteiger partial charge in [0, 0.05) is 12.1 Å². The fourth-order valence-corrected chi connectivity index (χ4v) is 2.46. The summed E-state index contributed by atoms with van der Waals surface area (Å²) in [5, 5.41) is 0. The maximum Gasteiger partial charge on any atom is 0.126 e. The monoisotopic (exact) mass is 269 g/mol. The Morgan fingerprint density at radius 3 is 2.35 bits per heavy atom. The minimum absolute atomic E-state index is 0.931. The molecule has 0 aliphatic carbocycles. The van der Waals surface area contributed by atoms with E-state index >= 15 is 0 Å². The van der Waals surface area contributed by atoms with Gasteiger partial charge in [-0.2, -0.15) is 0 Å². The van der Waals surface area contributed by atoms with Gasteiger partial charge in [0.2, 0.25) is 0 Å². The van der Waals surface area contributed by atoms with Crippen LogP contribution >= 0.6 is 0 Å². The number of para-hydroxylation sites is 1. The predicted octanol–water partition coefficient (Wildman–Crippen LogP) is 3.77. The van der Waals surface area contributed by atoms with Gasteiger partial charge in [0.15, 0.2) is 0 Å². The van der Waals surface area contributed by atoms with Crippen molar-refractivity contribution in [3.63, 3.8) is 0 Å². The molecule has 0 N–H and O–H groups in total. The SMILES string of the molecule is COc1ccccc1-c1cccc(CCN(C)C)c1C. The Hall–Kier alpha value is -1.80. The predicted molar refractivity (Wildman–Crippen MR) is 85.4 cm³/mol. The minimum Gasteiger partial charge on any atom is -0.496 e. The third kappa shape index (κ3) is 3.20. The second kappa shape index (κ2) is 6.58. The van der Waals surface area contributed by atoms with E-state index in [-0.39, 0.29) is 0 Å². The number of likely N-dealkylation sites (N-methyl/N-ethyl adjacent to an activating group) is 1. The van der Waals surface area contributed by atoms with Crippen molar-refractivity contribution in [1.82, 2.24) is 4.90 Å².